The van der Waals surface area contributed by atoms with Gasteiger partial charge in [-0.3, -0.25) is 10.1 Å². The highest BCUT2D eigenvalue weighted by molar-refractivity contribution is 6.05. The van der Waals surface area contributed by atoms with Crippen molar-refractivity contribution in [3.8, 4) is 0 Å². The number of rotatable bonds is 6. The van der Waals surface area contributed by atoms with Gasteiger partial charge in [-0.25, -0.2) is 0 Å². The lowest BCUT2D eigenvalue weighted by molar-refractivity contribution is -0.859. The second-order valence-electron chi connectivity index (χ2n) is 6.46. The van der Waals surface area contributed by atoms with Gasteiger partial charge in [-0.15, -0.1) is 0 Å². The summed E-state index contributed by atoms with van der Waals surface area (Å²) in [5.41, 5.74) is 1.61. The molecule has 0 aliphatic rings. The molecule has 0 unspecified atom stereocenters. The second kappa shape index (κ2) is 9.66. The van der Waals surface area contributed by atoms with Crippen LogP contribution < -0.4 is 39.8 Å². The van der Waals surface area contributed by atoms with Crippen molar-refractivity contribution in [2.45, 2.75) is 6.42 Å². The topological polar surface area (TPSA) is 91.1 Å². The van der Waals surface area contributed by atoms with Crippen molar-refractivity contribution < 1.29 is 44.7 Å². The molecular formula is C18H22Cl2N4O3. The molecule has 0 bridgehead atoms. The number of benzene rings is 2. The second-order valence-corrected chi connectivity index (χ2v) is 6.46. The van der Waals surface area contributed by atoms with Crippen LogP contribution in [0.2, 0.25) is 0 Å². The van der Waals surface area contributed by atoms with E-state index in [4.69, 9.17) is 0 Å². The molecule has 0 saturated carbocycles. The molecule has 0 fully saturated rings. The summed E-state index contributed by atoms with van der Waals surface area (Å²) in [4.78, 5) is 12.5. The van der Waals surface area contributed by atoms with Gasteiger partial charge in [-0.05, 0) is 12.1 Å². The van der Waals surface area contributed by atoms with E-state index in [0.717, 1.165) is 35.3 Å². The number of hydrogen-bond donors (Lipinski definition) is 2. The number of pyridine rings is 1. The lowest BCUT2D eigenvalue weighted by Gasteiger charge is -2.11. The first-order chi connectivity index (χ1) is 12.0. The van der Waals surface area contributed by atoms with E-state index in [0.29, 0.717) is 16.4 Å². The van der Waals surface area contributed by atoms with E-state index in [2.05, 4.69) is 14.1 Å². The number of quaternary nitrogens is 2. The Bertz CT molecular complexity index is 951. The number of halogens is 2. The van der Waals surface area contributed by atoms with Gasteiger partial charge in [0, 0.05) is 24.6 Å². The third kappa shape index (κ3) is 4.56. The molecule has 2 aromatic carbocycles. The summed E-state index contributed by atoms with van der Waals surface area (Å²) in [6.45, 7) is 1.82. The van der Waals surface area contributed by atoms with Crippen LogP contribution in [0.1, 0.15) is 6.42 Å². The zero-order valence-corrected chi connectivity index (χ0v) is 16.6. The quantitative estimate of drug-likeness (QED) is 0.105. The number of nitrogens with two attached hydrogens (primary N) is 1. The molecule has 0 amide bonds. The SMILES string of the molecule is C[NH+](C)CCC[NH2+]c1c2ccccc2[n+]([O-])c2cccc([N+](=O)[O-])c12.[Cl-].[Cl-]. The maximum absolute atomic E-state index is 12.7. The van der Waals surface area contributed by atoms with Gasteiger partial charge in [0.2, 0.25) is 11.0 Å². The highest BCUT2D eigenvalue weighted by Crippen LogP contribution is 2.32. The van der Waals surface area contributed by atoms with Crippen LogP contribution in [0.5, 0.6) is 0 Å². The minimum atomic E-state index is -0.418. The number of non-ortho nitro benzene ring substituents is 1. The normalized spacial score (nSPS) is 10.6. The summed E-state index contributed by atoms with van der Waals surface area (Å²) in [5, 5.41) is 27.4. The van der Waals surface area contributed by atoms with Gasteiger partial charge in [0.05, 0.1) is 32.1 Å². The molecule has 3 N–H and O–H groups in total. The van der Waals surface area contributed by atoms with E-state index in [1.165, 1.54) is 11.0 Å². The fourth-order valence-corrected chi connectivity index (χ4v) is 3.18. The predicted molar refractivity (Wildman–Crippen MR) is 95.8 cm³/mol. The van der Waals surface area contributed by atoms with Crippen molar-refractivity contribution in [3.63, 3.8) is 0 Å². The molecule has 146 valence electrons. The van der Waals surface area contributed by atoms with Crippen molar-refractivity contribution in [3.05, 3.63) is 57.8 Å². The lowest BCUT2D eigenvalue weighted by Crippen LogP contribution is -3.06. The highest BCUT2D eigenvalue weighted by atomic mass is 35.5. The Hall–Kier alpha value is -2.19. The average molecular weight is 413 g/mol. The molecule has 1 aromatic heterocycles. The lowest BCUT2D eigenvalue weighted by atomic mass is 10.1. The maximum atomic E-state index is 12.7. The average Bonchev–Trinajstić information content (AvgIpc) is 2.60. The number of para-hydroxylation sites is 1. The first kappa shape index (κ1) is 22.9. The molecule has 1 heterocycles. The van der Waals surface area contributed by atoms with Crippen LogP contribution in [0.25, 0.3) is 21.8 Å². The Morgan fingerprint density at radius 3 is 2.41 bits per heavy atom. The molecule has 0 atom stereocenters. The number of hydrogen-bond acceptors (Lipinski definition) is 3. The predicted octanol–water partition coefficient (Wildman–Crippen LogP) is -5.73. The summed E-state index contributed by atoms with van der Waals surface area (Å²) in [7, 11) is 4.19. The standard InChI is InChI=1S/C18H20N4O3.2ClH/c1-20(2)12-6-11-19-18-13-7-3-4-8-14(13)21(23)15-9-5-10-16(17(15)18)22(24)25;;/h3-5,7-10,19H,6,11-12H2,1-2H3;2*1H. The van der Waals surface area contributed by atoms with Crippen LogP contribution in [0, 0.1) is 15.3 Å². The minimum Gasteiger partial charge on any atom is -1.00 e. The molecular weight excluding hydrogens is 391 g/mol. The van der Waals surface area contributed by atoms with Gasteiger partial charge in [-0.1, -0.05) is 12.1 Å². The van der Waals surface area contributed by atoms with Crippen LogP contribution in [-0.4, -0.2) is 32.1 Å². The summed E-state index contributed by atoms with van der Waals surface area (Å²) < 4.78 is 0.791. The third-order valence-electron chi connectivity index (χ3n) is 4.35. The van der Waals surface area contributed by atoms with Crippen molar-refractivity contribution in [2.24, 2.45) is 0 Å². The molecule has 27 heavy (non-hydrogen) atoms. The van der Waals surface area contributed by atoms with Gasteiger partial charge >= 0.3 is 0 Å². The Morgan fingerprint density at radius 2 is 1.74 bits per heavy atom. The summed E-state index contributed by atoms with van der Waals surface area (Å²) >= 11 is 0. The third-order valence-corrected chi connectivity index (χ3v) is 4.35. The Morgan fingerprint density at radius 1 is 1.07 bits per heavy atom. The number of nitrogens with zero attached hydrogens (tertiary/aromatic N) is 2. The highest BCUT2D eigenvalue weighted by Gasteiger charge is 2.27. The number of fused-ring (bicyclic) bond motifs is 2. The largest absolute Gasteiger partial charge is 1.00 e. The molecule has 0 aliphatic carbocycles. The minimum absolute atomic E-state index is 0. The summed E-state index contributed by atoms with van der Waals surface area (Å²) in [6, 6.07) is 11.9. The number of nitro groups is 1. The molecule has 0 spiro atoms. The van der Waals surface area contributed by atoms with Crippen molar-refractivity contribution in [1.29, 1.82) is 0 Å². The van der Waals surface area contributed by atoms with Gasteiger partial charge in [0.15, 0.2) is 11.1 Å². The van der Waals surface area contributed by atoms with E-state index in [1.807, 2.05) is 17.4 Å². The molecule has 3 rings (SSSR count). The van der Waals surface area contributed by atoms with E-state index in [1.54, 1.807) is 24.3 Å². The zero-order valence-electron chi connectivity index (χ0n) is 15.1. The maximum Gasteiger partial charge on any atom is 0.289 e. The van der Waals surface area contributed by atoms with Gasteiger partial charge < -0.3 is 40.2 Å². The number of aromatic nitrogens is 1. The monoisotopic (exact) mass is 412 g/mol. The van der Waals surface area contributed by atoms with E-state index >= 15 is 0 Å². The van der Waals surface area contributed by atoms with Crippen LogP contribution in [-0.2, 0) is 0 Å². The van der Waals surface area contributed by atoms with Crippen LogP contribution in [0.15, 0.2) is 42.5 Å². The van der Waals surface area contributed by atoms with Crippen LogP contribution in [0.4, 0.5) is 11.4 Å². The molecule has 0 saturated heterocycles. The van der Waals surface area contributed by atoms with E-state index < -0.39 is 4.92 Å². The fourth-order valence-electron chi connectivity index (χ4n) is 3.18. The number of nitro benzene ring substituents is 1. The van der Waals surface area contributed by atoms with Crippen LogP contribution in [0.3, 0.4) is 0 Å². The van der Waals surface area contributed by atoms with Crippen molar-refractivity contribution in [2.75, 3.05) is 27.2 Å². The zero-order chi connectivity index (χ0) is 18.0. The van der Waals surface area contributed by atoms with E-state index in [-0.39, 0.29) is 30.5 Å². The van der Waals surface area contributed by atoms with E-state index in [9.17, 15) is 15.3 Å². The first-order valence-corrected chi connectivity index (χ1v) is 8.34. The van der Waals surface area contributed by atoms with Gasteiger partial charge in [0.1, 0.15) is 5.39 Å². The van der Waals surface area contributed by atoms with Gasteiger partial charge in [0.25, 0.3) is 5.69 Å². The van der Waals surface area contributed by atoms with Crippen molar-refractivity contribution in [1.82, 2.24) is 0 Å². The first-order valence-electron chi connectivity index (χ1n) is 8.34. The molecule has 0 radical (unpaired) electrons. The smallest absolute Gasteiger partial charge is 0.289 e. The fraction of sp³-hybridized carbons (Fsp3) is 0.278. The van der Waals surface area contributed by atoms with Crippen LogP contribution >= 0.6 is 0 Å². The molecule has 0 aliphatic heterocycles. The summed E-state index contributed by atoms with van der Waals surface area (Å²) in [5.74, 6) is 0. The Labute approximate surface area is 169 Å². The molecule has 9 heteroatoms. The Balaban J connectivity index is 0.00000182. The molecule has 7 nitrogen and oxygen atoms in total. The molecule has 3 aromatic rings. The Kier molecular flexibility index (Phi) is 8.18. The summed E-state index contributed by atoms with van der Waals surface area (Å²) in [6.07, 6.45) is 0.977. The number of nitrogens with one attached hydrogen (secondary N) is 1. The van der Waals surface area contributed by atoms with Gasteiger partial charge in [-0.2, -0.15) is 4.73 Å². The van der Waals surface area contributed by atoms with Crippen molar-refractivity contribution >= 4 is 33.2 Å².